The Hall–Kier alpha value is -2.14. The van der Waals surface area contributed by atoms with Gasteiger partial charge in [0, 0.05) is 19.0 Å². The number of hydrogen-bond donors (Lipinski definition) is 1. The average molecular weight is 383 g/mol. The fraction of sp³-hybridized carbons (Fsp3) is 0.565. The lowest BCUT2D eigenvalue weighted by Gasteiger charge is -2.39. The Morgan fingerprint density at radius 2 is 1.86 bits per heavy atom. The fourth-order valence-corrected chi connectivity index (χ4v) is 4.85. The molecule has 2 saturated heterocycles. The normalized spacial score (nSPS) is 25.2. The number of likely N-dealkylation sites (tertiary alicyclic amines) is 2. The van der Waals surface area contributed by atoms with E-state index in [-0.39, 0.29) is 17.2 Å². The van der Waals surface area contributed by atoms with Crippen LogP contribution in [0.1, 0.15) is 44.6 Å². The van der Waals surface area contributed by atoms with E-state index in [4.69, 9.17) is 0 Å². The molecular weight excluding hydrogens is 352 g/mol. The van der Waals surface area contributed by atoms with Crippen LogP contribution >= 0.6 is 0 Å². The van der Waals surface area contributed by atoms with Crippen molar-refractivity contribution in [3.05, 3.63) is 41.5 Å². The predicted octanol–water partition coefficient (Wildman–Crippen LogP) is 3.27. The summed E-state index contributed by atoms with van der Waals surface area (Å²) < 4.78 is 0. The maximum absolute atomic E-state index is 12.6. The second kappa shape index (κ2) is 7.70. The van der Waals surface area contributed by atoms with E-state index in [2.05, 4.69) is 42.2 Å². The summed E-state index contributed by atoms with van der Waals surface area (Å²) in [6.45, 7) is 5.68. The number of benzene rings is 1. The molecule has 1 N–H and O–H groups in total. The van der Waals surface area contributed by atoms with Crippen LogP contribution in [0.2, 0.25) is 0 Å². The number of carbonyl (C=O) groups is 2. The van der Waals surface area contributed by atoms with Gasteiger partial charge in [0.05, 0.1) is 0 Å². The summed E-state index contributed by atoms with van der Waals surface area (Å²) in [6.07, 6.45) is 6.66. The zero-order valence-corrected chi connectivity index (χ0v) is 16.6. The first kappa shape index (κ1) is 19.2. The minimum Gasteiger partial charge on any atom is -0.480 e. The molecule has 28 heavy (non-hydrogen) atoms. The summed E-state index contributed by atoms with van der Waals surface area (Å²) in [4.78, 5) is 28.5. The second-order valence-corrected chi connectivity index (χ2v) is 8.98. The molecule has 3 aliphatic rings. The monoisotopic (exact) mass is 382 g/mol. The van der Waals surface area contributed by atoms with Crippen LogP contribution in [0.5, 0.6) is 0 Å². The molecule has 0 aromatic heterocycles. The van der Waals surface area contributed by atoms with Gasteiger partial charge >= 0.3 is 5.97 Å². The largest absolute Gasteiger partial charge is 0.480 e. The molecule has 1 aromatic rings. The summed E-state index contributed by atoms with van der Waals surface area (Å²) in [6, 6.07) is 9.74. The van der Waals surface area contributed by atoms with Gasteiger partial charge in [0.25, 0.3) is 0 Å². The maximum Gasteiger partial charge on any atom is 0.326 e. The van der Waals surface area contributed by atoms with Gasteiger partial charge in [0.15, 0.2) is 0 Å². The number of aliphatic carboxylic acids is 1. The molecule has 1 aliphatic carbocycles. The maximum atomic E-state index is 12.6. The fourth-order valence-electron chi connectivity index (χ4n) is 4.85. The first-order valence-corrected chi connectivity index (χ1v) is 10.4. The smallest absolute Gasteiger partial charge is 0.326 e. The van der Waals surface area contributed by atoms with Gasteiger partial charge in [-0.05, 0) is 63.1 Å². The molecule has 2 heterocycles. The van der Waals surface area contributed by atoms with Crippen molar-refractivity contribution in [1.82, 2.24) is 9.80 Å². The van der Waals surface area contributed by atoms with Crippen LogP contribution in [0.4, 0.5) is 0 Å². The molecule has 1 aromatic carbocycles. The Kier molecular flexibility index (Phi) is 5.28. The summed E-state index contributed by atoms with van der Waals surface area (Å²) in [5.41, 5.74) is 2.55. The van der Waals surface area contributed by atoms with Gasteiger partial charge in [0.1, 0.15) is 6.04 Å². The highest BCUT2D eigenvalue weighted by Gasteiger charge is 2.51. The number of amides is 1. The number of carboxylic acid groups (broad SMARTS) is 1. The molecule has 2 aliphatic heterocycles. The van der Waals surface area contributed by atoms with E-state index in [1.165, 1.54) is 11.1 Å². The van der Waals surface area contributed by atoms with Crippen molar-refractivity contribution >= 4 is 18.0 Å². The summed E-state index contributed by atoms with van der Waals surface area (Å²) in [5, 5.41) is 9.65. The lowest BCUT2D eigenvalue weighted by atomic mass is 9.76. The van der Waals surface area contributed by atoms with Crippen LogP contribution in [-0.4, -0.2) is 59.0 Å². The Morgan fingerprint density at radius 3 is 2.46 bits per heavy atom. The van der Waals surface area contributed by atoms with Gasteiger partial charge in [0.2, 0.25) is 5.91 Å². The summed E-state index contributed by atoms with van der Waals surface area (Å²) in [5.74, 6) is -0.675. The van der Waals surface area contributed by atoms with Crippen molar-refractivity contribution < 1.29 is 14.7 Å². The number of rotatable bonds is 5. The van der Waals surface area contributed by atoms with E-state index in [1.54, 1.807) is 4.90 Å². The van der Waals surface area contributed by atoms with Crippen LogP contribution < -0.4 is 0 Å². The minimum atomic E-state index is -0.838. The molecule has 1 spiro atoms. The van der Waals surface area contributed by atoms with Crippen molar-refractivity contribution in [3.63, 3.8) is 0 Å². The zero-order valence-electron chi connectivity index (χ0n) is 16.6. The highest BCUT2D eigenvalue weighted by Crippen LogP contribution is 2.45. The highest BCUT2D eigenvalue weighted by molar-refractivity contribution is 5.87. The SMILES string of the molecule is C/C(=C\c1ccccc1)CN1CCC2(CC1)C[C@H](C(=O)O)N(C(=O)C1CC1)C2. The molecular formula is C23H30N2O3. The third kappa shape index (κ3) is 4.14. The molecule has 0 unspecified atom stereocenters. The second-order valence-electron chi connectivity index (χ2n) is 8.98. The Labute approximate surface area is 167 Å². The van der Waals surface area contributed by atoms with Crippen LogP contribution in [0.15, 0.2) is 35.9 Å². The van der Waals surface area contributed by atoms with E-state index in [1.807, 2.05) is 6.07 Å². The highest BCUT2D eigenvalue weighted by atomic mass is 16.4. The topological polar surface area (TPSA) is 60.9 Å². The lowest BCUT2D eigenvalue weighted by molar-refractivity contribution is -0.148. The number of hydrogen-bond acceptors (Lipinski definition) is 3. The molecule has 1 saturated carbocycles. The minimum absolute atomic E-state index is 0.0127. The van der Waals surface area contributed by atoms with Gasteiger partial charge < -0.3 is 10.0 Å². The molecule has 4 rings (SSSR count). The van der Waals surface area contributed by atoms with E-state index in [0.29, 0.717) is 13.0 Å². The molecule has 1 amide bonds. The van der Waals surface area contributed by atoms with Crippen LogP contribution in [0.25, 0.3) is 6.08 Å². The number of nitrogens with zero attached hydrogens (tertiary/aromatic N) is 2. The molecule has 3 fully saturated rings. The van der Waals surface area contributed by atoms with Crippen LogP contribution in [0, 0.1) is 11.3 Å². The number of carboxylic acids is 1. The van der Waals surface area contributed by atoms with Crippen molar-refractivity contribution in [2.75, 3.05) is 26.2 Å². The molecule has 5 nitrogen and oxygen atoms in total. The van der Waals surface area contributed by atoms with E-state index in [9.17, 15) is 14.7 Å². The van der Waals surface area contributed by atoms with Crippen LogP contribution in [-0.2, 0) is 9.59 Å². The Morgan fingerprint density at radius 1 is 1.18 bits per heavy atom. The van der Waals surface area contributed by atoms with Crippen molar-refractivity contribution in [2.45, 2.75) is 45.1 Å². The number of piperidine rings is 1. The Balaban J connectivity index is 1.36. The lowest BCUT2D eigenvalue weighted by Crippen LogP contribution is -2.43. The third-order valence-corrected chi connectivity index (χ3v) is 6.61. The third-order valence-electron chi connectivity index (χ3n) is 6.61. The van der Waals surface area contributed by atoms with Gasteiger partial charge in [-0.1, -0.05) is 42.0 Å². The molecule has 0 bridgehead atoms. The van der Waals surface area contributed by atoms with E-state index in [0.717, 1.165) is 45.3 Å². The van der Waals surface area contributed by atoms with Gasteiger partial charge in [-0.2, -0.15) is 0 Å². The van der Waals surface area contributed by atoms with E-state index >= 15 is 0 Å². The molecule has 5 heteroatoms. The average Bonchev–Trinajstić information content (AvgIpc) is 3.46. The van der Waals surface area contributed by atoms with Gasteiger partial charge in [-0.3, -0.25) is 9.69 Å². The zero-order chi connectivity index (χ0) is 19.7. The molecule has 1 atom stereocenters. The van der Waals surface area contributed by atoms with Crippen molar-refractivity contribution in [3.8, 4) is 0 Å². The summed E-state index contributed by atoms with van der Waals surface area (Å²) >= 11 is 0. The Bertz CT molecular complexity index is 761. The first-order valence-electron chi connectivity index (χ1n) is 10.4. The summed E-state index contributed by atoms with van der Waals surface area (Å²) in [7, 11) is 0. The van der Waals surface area contributed by atoms with Gasteiger partial charge in [-0.25, -0.2) is 4.79 Å². The number of carbonyl (C=O) groups excluding carboxylic acids is 1. The van der Waals surface area contributed by atoms with Crippen LogP contribution in [0.3, 0.4) is 0 Å². The standard InChI is InChI=1S/C23H30N2O3/c1-17(13-18-5-3-2-4-6-18)15-24-11-9-23(10-12-24)14-20(22(27)28)25(16-23)21(26)19-7-8-19/h2-6,13,19-20H,7-12,14-16H2,1H3,(H,27,28)/b17-13+/t20-/m1/s1. The molecule has 0 radical (unpaired) electrons. The quantitative estimate of drug-likeness (QED) is 0.849. The first-order chi connectivity index (χ1) is 13.5. The predicted molar refractivity (Wildman–Crippen MR) is 109 cm³/mol. The molecule has 150 valence electrons. The van der Waals surface area contributed by atoms with Crippen molar-refractivity contribution in [1.29, 1.82) is 0 Å². The van der Waals surface area contributed by atoms with Crippen molar-refractivity contribution in [2.24, 2.45) is 11.3 Å². The van der Waals surface area contributed by atoms with Gasteiger partial charge in [-0.15, -0.1) is 0 Å². The van der Waals surface area contributed by atoms with E-state index < -0.39 is 12.0 Å².